The smallest absolute Gasteiger partial charge is 0.179 e. The lowest BCUT2D eigenvalue weighted by molar-refractivity contribution is 0.304. The monoisotopic (exact) mass is 508 g/mol. The highest BCUT2D eigenvalue weighted by molar-refractivity contribution is 7.95. The van der Waals surface area contributed by atoms with Gasteiger partial charge < -0.3 is 20.5 Å². The SMILES string of the molecule is CCC1(C)CC2=C(C(c3ccc(OCc4ccccc4)cc3F)Nc3cccc(O)c3N2)S(=O)(=O)C1. The number of allylic oxidation sites excluding steroid dienone is 1. The van der Waals surface area contributed by atoms with E-state index < -0.39 is 27.1 Å². The number of hydrogen-bond donors (Lipinski definition) is 3. The van der Waals surface area contributed by atoms with Crippen LogP contribution >= 0.6 is 0 Å². The zero-order valence-corrected chi connectivity index (χ0v) is 21.0. The summed E-state index contributed by atoms with van der Waals surface area (Å²) in [6.45, 7) is 4.19. The first-order valence-corrected chi connectivity index (χ1v) is 13.6. The third kappa shape index (κ3) is 4.53. The van der Waals surface area contributed by atoms with Gasteiger partial charge in [-0.2, -0.15) is 0 Å². The Morgan fingerprint density at radius 2 is 1.89 bits per heavy atom. The molecule has 188 valence electrons. The molecule has 0 radical (unpaired) electrons. The first kappa shape index (κ1) is 24.2. The van der Waals surface area contributed by atoms with Crippen molar-refractivity contribution in [3.05, 3.63) is 94.3 Å². The van der Waals surface area contributed by atoms with Crippen molar-refractivity contribution < 1.29 is 22.7 Å². The van der Waals surface area contributed by atoms with E-state index in [2.05, 4.69) is 10.6 Å². The summed E-state index contributed by atoms with van der Waals surface area (Å²) in [5, 5.41) is 16.9. The minimum atomic E-state index is -3.75. The van der Waals surface area contributed by atoms with Gasteiger partial charge in [0.05, 0.1) is 22.4 Å². The normalized spacial score (nSPS) is 22.5. The van der Waals surface area contributed by atoms with Crippen molar-refractivity contribution in [1.29, 1.82) is 0 Å². The van der Waals surface area contributed by atoms with Gasteiger partial charge in [0, 0.05) is 17.3 Å². The van der Waals surface area contributed by atoms with E-state index in [0.29, 0.717) is 35.7 Å². The molecule has 5 rings (SSSR count). The van der Waals surface area contributed by atoms with Crippen LogP contribution in [0.1, 0.15) is 43.9 Å². The maximum absolute atomic E-state index is 15.6. The highest BCUT2D eigenvalue weighted by Gasteiger charge is 2.44. The summed E-state index contributed by atoms with van der Waals surface area (Å²) in [4.78, 5) is 0.112. The Labute approximate surface area is 210 Å². The lowest BCUT2D eigenvalue weighted by Gasteiger charge is -2.36. The van der Waals surface area contributed by atoms with Crippen LogP contribution in [0, 0.1) is 11.2 Å². The minimum absolute atomic E-state index is 0.0150. The molecule has 2 heterocycles. The van der Waals surface area contributed by atoms with Crippen molar-refractivity contribution in [3.63, 3.8) is 0 Å². The molecule has 3 N–H and O–H groups in total. The molecule has 3 aromatic carbocycles. The van der Waals surface area contributed by atoms with Gasteiger partial charge in [-0.25, -0.2) is 12.8 Å². The van der Waals surface area contributed by atoms with Gasteiger partial charge >= 0.3 is 0 Å². The fourth-order valence-electron chi connectivity index (χ4n) is 4.93. The number of sulfone groups is 1. The van der Waals surface area contributed by atoms with E-state index in [0.717, 1.165) is 5.56 Å². The summed E-state index contributed by atoms with van der Waals surface area (Å²) in [6, 6.07) is 18.0. The van der Waals surface area contributed by atoms with E-state index in [-0.39, 0.29) is 28.6 Å². The second-order valence-corrected chi connectivity index (χ2v) is 11.8. The van der Waals surface area contributed by atoms with E-state index in [1.807, 2.05) is 44.2 Å². The van der Waals surface area contributed by atoms with E-state index in [1.165, 1.54) is 12.1 Å². The predicted molar refractivity (Wildman–Crippen MR) is 139 cm³/mol. The fraction of sp³-hybridized carbons (Fsp3) is 0.286. The Balaban J connectivity index is 1.57. The Morgan fingerprint density at radius 3 is 2.61 bits per heavy atom. The quantitative estimate of drug-likeness (QED) is 0.359. The van der Waals surface area contributed by atoms with Gasteiger partial charge in [0.1, 0.15) is 29.6 Å². The van der Waals surface area contributed by atoms with Crippen molar-refractivity contribution in [1.82, 2.24) is 0 Å². The number of nitrogens with one attached hydrogen (secondary N) is 2. The summed E-state index contributed by atoms with van der Waals surface area (Å²) in [5.74, 6) is -0.271. The second kappa shape index (κ2) is 9.17. The molecule has 2 atom stereocenters. The second-order valence-electron chi connectivity index (χ2n) is 9.80. The molecule has 0 amide bonds. The van der Waals surface area contributed by atoms with Crippen molar-refractivity contribution >= 4 is 21.2 Å². The van der Waals surface area contributed by atoms with Gasteiger partial charge in [0.15, 0.2) is 9.84 Å². The predicted octanol–water partition coefficient (Wildman–Crippen LogP) is 6.14. The van der Waals surface area contributed by atoms with Gasteiger partial charge in [-0.05, 0) is 48.1 Å². The highest BCUT2D eigenvalue weighted by Crippen LogP contribution is 2.49. The largest absolute Gasteiger partial charge is 0.506 e. The van der Waals surface area contributed by atoms with Crippen LogP contribution in [0.4, 0.5) is 15.8 Å². The molecule has 8 heteroatoms. The average Bonchev–Trinajstić information content (AvgIpc) is 3.01. The van der Waals surface area contributed by atoms with Crippen LogP contribution in [-0.2, 0) is 16.4 Å². The summed E-state index contributed by atoms with van der Waals surface area (Å²) >= 11 is 0. The van der Waals surface area contributed by atoms with Gasteiger partial charge in [0.2, 0.25) is 0 Å². The molecule has 2 aliphatic heterocycles. The molecule has 0 aliphatic carbocycles. The third-order valence-electron chi connectivity index (χ3n) is 7.04. The summed E-state index contributed by atoms with van der Waals surface area (Å²) in [7, 11) is -3.75. The van der Waals surface area contributed by atoms with Crippen LogP contribution in [0.15, 0.2) is 77.3 Å². The van der Waals surface area contributed by atoms with Crippen molar-refractivity contribution in [2.75, 3.05) is 16.4 Å². The molecule has 6 nitrogen and oxygen atoms in total. The number of hydrogen-bond acceptors (Lipinski definition) is 6. The van der Waals surface area contributed by atoms with Crippen LogP contribution < -0.4 is 15.4 Å². The van der Waals surface area contributed by atoms with Gasteiger partial charge in [-0.3, -0.25) is 0 Å². The molecule has 2 unspecified atom stereocenters. The van der Waals surface area contributed by atoms with E-state index in [9.17, 15) is 13.5 Å². The molecule has 36 heavy (non-hydrogen) atoms. The maximum Gasteiger partial charge on any atom is 0.179 e. The number of halogens is 1. The molecule has 2 aliphatic rings. The zero-order valence-electron chi connectivity index (χ0n) is 20.2. The zero-order chi connectivity index (χ0) is 25.5. The van der Waals surface area contributed by atoms with Crippen molar-refractivity contribution in [3.8, 4) is 11.5 Å². The van der Waals surface area contributed by atoms with E-state index in [1.54, 1.807) is 24.3 Å². The Bertz CT molecular complexity index is 1440. The van der Waals surface area contributed by atoms with E-state index in [4.69, 9.17) is 4.74 Å². The van der Waals surface area contributed by atoms with E-state index >= 15 is 4.39 Å². The van der Waals surface area contributed by atoms with Crippen LogP contribution in [-0.4, -0.2) is 19.3 Å². The highest BCUT2D eigenvalue weighted by atomic mass is 32.2. The summed E-state index contributed by atoms with van der Waals surface area (Å²) in [6.07, 6.45) is 1.13. The standard InChI is InChI=1S/C28H29FN2O4S/c1-3-28(2)15-23-27(36(33,34)17-28)25(30-22-10-7-11-24(32)26(22)31-23)20-13-12-19(14-21(20)29)35-16-18-8-5-4-6-9-18/h4-14,25,30-32H,3,15-17H2,1-2H3. The van der Waals surface area contributed by atoms with Crippen LogP contribution in [0.3, 0.4) is 0 Å². The number of rotatable bonds is 5. The molecular formula is C28H29FN2O4S. The molecule has 0 fully saturated rings. The minimum Gasteiger partial charge on any atom is -0.506 e. The fourth-order valence-corrected chi connectivity index (χ4v) is 7.35. The molecule has 0 bridgehead atoms. The van der Waals surface area contributed by atoms with Crippen LogP contribution in [0.2, 0.25) is 0 Å². The molecule has 3 aromatic rings. The van der Waals surface area contributed by atoms with Gasteiger partial charge in [-0.15, -0.1) is 0 Å². The topological polar surface area (TPSA) is 87.7 Å². The molecule has 0 saturated heterocycles. The number of para-hydroxylation sites is 1. The van der Waals surface area contributed by atoms with Crippen LogP contribution in [0.25, 0.3) is 0 Å². The first-order valence-electron chi connectivity index (χ1n) is 12.0. The number of phenolic OH excluding ortho intramolecular Hbond substituents is 1. The number of benzene rings is 3. The maximum atomic E-state index is 15.6. The number of fused-ring (bicyclic) bond motifs is 1. The Morgan fingerprint density at radius 1 is 1.11 bits per heavy atom. The molecule has 0 spiro atoms. The van der Waals surface area contributed by atoms with Gasteiger partial charge in [0.25, 0.3) is 0 Å². The molecule has 0 saturated carbocycles. The third-order valence-corrected chi connectivity index (χ3v) is 9.27. The molecule has 0 aromatic heterocycles. The van der Waals surface area contributed by atoms with Gasteiger partial charge in [-0.1, -0.05) is 50.2 Å². The summed E-state index contributed by atoms with van der Waals surface area (Å²) in [5.41, 5.74) is 2.02. The number of ether oxygens (including phenoxy) is 1. The number of aromatic hydroxyl groups is 1. The van der Waals surface area contributed by atoms with Crippen molar-refractivity contribution in [2.45, 2.75) is 39.3 Å². The van der Waals surface area contributed by atoms with Crippen molar-refractivity contribution in [2.24, 2.45) is 5.41 Å². The molecular weight excluding hydrogens is 479 g/mol. The Kier molecular flexibility index (Phi) is 6.16. The lowest BCUT2D eigenvalue weighted by Crippen LogP contribution is -2.37. The first-order chi connectivity index (χ1) is 17.2. The lowest BCUT2D eigenvalue weighted by atomic mass is 9.83. The summed E-state index contributed by atoms with van der Waals surface area (Å²) < 4.78 is 48.6. The number of phenols is 1. The Hall–Kier alpha value is -3.52. The average molecular weight is 509 g/mol. The van der Waals surface area contributed by atoms with Crippen LogP contribution in [0.5, 0.6) is 11.5 Å². The number of anilines is 2.